The average molecular weight is 335 g/mol. The number of ether oxygens (including phenoxy) is 1. The molecule has 1 amide bonds. The molecule has 1 aromatic carbocycles. The van der Waals surface area contributed by atoms with Gasteiger partial charge in [-0.2, -0.15) is 0 Å². The molecule has 2 aromatic rings. The first-order valence-corrected chi connectivity index (χ1v) is 7.32. The predicted molar refractivity (Wildman–Crippen MR) is 89.2 cm³/mol. The number of anilines is 2. The van der Waals surface area contributed by atoms with Crippen LogP contribution in [0.25, 0.3) is 0 Å². The van der Waals surface area contributed by atoms with Crippen molar-refractivity contribution in [2.75, 3.05) is 30.9 Å². The summed E-state index contributed by atoms with van der Waals surface area (Å²) in [6.45, 7) is 1.06. The number of alkyl halides is 2. The lowest BCUT2D eigenvalue weighted by atomic mass is 10.1. The molecule has 2 rings (SSSR count). The second kappa shape index (κ2) is 7.72. The van der Waals surface area contributed by atoms with E-state index in [2.05, 4.69) is 10.3 Å². The summed E-state index contributed by atoms with van der Waals surface area (Å²) in [4.78, 5) is 18.2. The standard InChI is InChI=1S/C17H19F2N3O2/c1-11-4-5-12(8-15(11)24-10-16(18)19)21-17(23)13-9-20-7-6-14(13)22(2)3/h4-9,16H,10H2,1-3H3,(H,21,23). The van der Waals surface area contributed by atoms with Gasteiger partial charge in [0.2, 0.25) is 0 Å². The van der Waals surface area contributed by atoms with E-state index >= 15 is 0 Å². The fourth-order valence-corrected chi connectivity index (χ4v) is 2.14. The molecule has 0 aliphatic heterocycles. The Labute approximate surface area is 139 Å². The van der Waals surface area contributed by atoms with Gasteiger partial charge < -0.3 is 15.0 Å². The summed E-state index contributed by atoms with van der Waals surface area (Å²) in [6, 6.07) is 6.66. The Bertz CT molecular complexity index is 721. The first-order valence-electron chi connectivity index (χ1n) is 7.32. The molecule has 0 radical (unpaired) electrons. The minimum Gasteiger partial charge on any atom is -0.487 e. The average Bonchev–Trinajstić information content (AvgIpc) is 2.55. The second-order valence-electron chi connectivity index (χ2n) is 5.42. The van der Waals surface area contributed by atoms with Crippen LogP contribution in [0.4, 0.5) is 20.2 Å². The van der Waals surface area contributed by atoms with Crippen molar-refractivity contribution in [2.45, 2.75) is 13.3 Å². The molecule has 128 valence electrons. The first-order chi connectivity index (χ1) is 11.4. The maximum Gasteiger partial charge on any atom is 0.272 e. The zero-order valence-electron chi connectivity index (χ0n) is 13.7. The topological polar surface area (TPSA) is 54.5 Å². The van der Waals surface area contributed by atoms with Gasteiger partial charge in [0.15, 0.2) is 0 Å². The Balaban J connectivity index is 2.19. The molecule has 0 unspecified atom stereocenters. The molecule has 0 saturated carbocycles. The zero-order chi connectivity index (χ0) is 17.7. The Morgan fingerprint density at radius 1 is 1.33 bits per heavy atom. The summed E-state index contributed by atoms with van der Waals surface area (Å²) in [6.07, 6.45) is 0.530. The number of nitrogens with one attached hydrogen (secondary N) is 1. The van der Waals surface area contributed by atoms with Crippen molar-refractivity contribution in [3.63, 3.8) is 0 Å². The van der Waals surface area contributed by atoms with E-state index in [9.17, 15) is 13.6 Å². The van der Waals surface area contributed by atoms with Crippen molar-refractivity contribution < 1.29 is 18.3 Å². The van der Waals surface area contributed by atoms with Gasteiger partial charge in [-0.25, -0.2) is 8.78 Å². The lowest BCUT2D eigenvalue weighted by Crippen LogP contribution is -2.19. The van der Waals surface area contributed by atoms with Crippen molar-refractivity contribution in [1.29, 1.82) is 0 Å². The highest BCUT2D eigenvalue weighted by Gasteiger charge is 2.14. The third-order valence-corrected chi connectivity index (χ3v) is 3.34. The molecule has 5 nitrogen and oxygen atoms in total. The molecule has 7 heteroatoms. The van der Waals surface area contributed by atoms with Gasteiger partial charge in [-0.05, 0) is 24.6 Å². The number of pyridine rings is 1. The van der Waals surface area contributed by atoms with Crippen molar-refractivity contribution in [2.24, 2.45) is 0 Å². The molecule has 24 heavy (non-hydrogen) atoms. The van der Waals surface area contributed by atoms with Gasteiger partial charge in [-0.15, -0.1) is 0 Å². The zero-order valence-corrected chi connectivity index (χ0v) is 13.7. The number of carbonyl (C=O) groups excluding carboxylic acids is 1. The number of carbonyl (C=O) groups is 1. The highest BCUT2D eigenvalue weighted by Crippen LogP contribution is 2.24. The van der Waals surface area contributed by atoms with Gasteiger partial charge >= 0.3 is 0 Å². The Morgan fingerprint density at radius 3 is 2.75 bits per heavy atom. The van der Waals surface area contributed by atoms with Gasteiger partial charge in [-0.1, -0.05) is 6.07 Å². The smallest absolute Gasteiger partial charge is 0.272 e. The highest BCUT2D eigenvalue weighted by atomic mass is 19.3. The lowest BCUT2D eigenvalue weighted by Gasteiger charge is -2.17. The third-order valence-electron chi connectivity index (χ3n) is 3.34. The van der Waals surface area contributed by atoms with Crippen LogP contribution in [0.5, 0.6) is 5.75 Å². The number of benzene rings is 1. The molecule has 1 heterocycles. The summed E-state index contributed by atoms with van der Waals surface area (Å²) >= 11 is 0. The number of halogens is 2. The molecule has 0 atom stereocenters. The van der Waals surface area contributed by atoms with Gasteiger partial charge in [-0.3, -0.25) is 9.78 Å². The van der Waals surface area contributed by atoms with Crippen LogP contribution in [0.1, 0.15) is 15.9 Å². The molecule has 0 aliphatic carbocycles. The van der Waals surface area contributed by atoms with E-state index in [1.54, 1.807) is 31.3 Å². The summed E-state index contributed by atoms with van der Waals surface area (Å²) in [7, 11) is 3.66. The normalized spacial score (nSPS) is 10.6. The molecular weight excluding hydrogens is 316 g/mol. The van der Waals surface area contributed by atoms with Crippen LogP contribution in [-0.4, -0.2) is 38.0 Å². The minimum absolute atomic E-state index is 0.312. The van der Waals surface area contributed by atoms with Crippen molar-refractivity contribution in [3.05, 3.63) is 47.8 Å². The van der Waals surface area contributed by atoms with Gasteiger partial charge in [0.05, 0.1) is 11.3 Å². The monoisotopic (exact) mass is 335 g/mol. The maximum absolute atomic E-state index is 12.5. The molecular formula is C17H19F2N3O2. The quantitative estimate of drug-likeness (QED) is 0.879. The maximum atomic E-state index is 12.5. The Hall–Kier alpha value is -2.70. The molecule has 1 aromatic heterocycles. The molecule has 0 spiro atoms. The number of aryl methyl sites for hydroxylation is 1. The van der Waals surface area contributed by atoms with Crippen LogP contribution in [0.2, 0.25) is 0 Å². The van der Waals surface area contributed by atoms with Crippen molar-refractivity contribution in [1.82, 2.24) is 4.98 Å². The van der Waals surface area contributed by atoms with Crippen LogP contribution in [-0.2, 0) is 0 Å². The van der Waals surface area contributed by atoms with Crippen LogP contribution < -0.4 is 15.0 Å². The van der Waals surface area contributed by atoms with Crippen LogP contribution in [0.15, 0.2) is 36.7 Å². The molecule has 0 bridgehead atoms. The summed E-state index contributed by atoms with van der Waals surface area (Å²) in [5.41, 5.74) is 2.31. The van der Waals surface area contributed by atoms with E-state index in [0.29, 0.717) is 22.6 Å². The third kappa shape index (κ3) is 4.41. The summed E-state index contributed by atoms with van der Waals surface area (Å²) in [5, 5.41) is 2.74. The first kappa shape index (κ1) is 17.7. The SMILES string of the molecule is Cc1ccc(NC(=O)c2cnccc2N(C)C)cc1OCC(F)F. The number of hydrogen-bond acceptors (Lipinski definition) is 4. The number of rotatable bonds is 6. The van der Waals surface area contributed by atoms with E-state index < -0.39 is 13.0 Å². The lowest BCUT2D eigenvalue weighted by molar-refractivity contribution is 0.0815. The van der Waals surface area contributed by atoms with Crippen molar-refractivity contribution >= 4 is 17.3 Å². The molecule has 0 fully saturated rings. The fourth-order valence-electron chi connectivity index (χ4n) is 2.14. The minimum atomic E-state index is -2.55. The van der Waals surface area contributed by atoms with Crippen LogP contribution >= 0.6 is 0 Å². The van der Waals surface area contributed by atoms with Crippen molar-refractivity contribution in [3.8, 4) is 5.75 Å². The molecule has 1 N–H and O–H groups in total. The largest absolute Gasteiger partial charge is 0.487 e. The van der Waals surface area contributed by atoms with E-state index in [0.717, 1.165) is 5.69 Å². The predicted octanol–water partition coefficient (Wildman–Crippen LogP) is 3.35. The Morgan fingerprint density at radius 2 is 2.08 bits per heavy atom. The second-order valence-corrected chi connectivity index (χ2v) is 5.42. The molecule has 0 aliphatic rings. The summed E-state index contributed by atoms with van der Waals surface area (Å²) in [5.74, 6) is -0.0254. The fraction of sp³-hybridized carbons (Fsp3) is 0.294. The van der Waals surface area contributed by atoms with E-state index in [-0.39, 0.29) is 5.91 Å². The van der Waals surface area contributed by atoms with E-state index in [1.165, 1.54) is 12.3 Å². The number of hydrogen-bond donors (Lipinski definition) is 1. The van der Waals surface area contributed by atoms with Crippen LogP contribution in [0, 0.1) is 6.92 Å². The highest BCUT2D eigenvalue weighted by molar-refractivity contribution is 6.07. The van der Waals surface area contributed by atoms with Gasteiger partial charge in [0.25, 0.3) is 12.3 Å². The van der Waals surface area contributed by atoms with Crippen LogP contribution in [0.3, 0.4) is 0 Å². The van der Waals surface area contributed by atoms with Gasteiger partial charge in [0.1, 0.15) is 12.4 Å². The Kier molecular flexibility index (Phi) is 5.68. The van der Waals surface area contributed by atoms with E-state index in [1.807, 2.05) is 19.0 Å². The summed E-state index contributed by atoms with van der Waals surface area (Å²) < 4.78 is 29.7. The molecule has 0 saturated heterocycles. The number of amides is 1. The van der Waals surface area contributed by atoms with E-state index in [4.69, 9.17) is 4.74 Å². The number of aromatic nitrogens is 1. The van der Waals surface area contributed by atoms with Gasteiger partial charge in [0, 0.05) is 38.2 Å². The number of nitrogens with zero attached hydrogens (tertiary/aromatic N) is 2.